The summed E-state index contributed by atoms with van der Waals surface area (Å²) in [6, 6.07) is 0. The van der Waals surface area contributed by atoms with Gasteiger partial charge in [-0.3, -0.25) is 37.3 Å². The van der Waals surface area contributed by atoms with Gasteiger partial charge < -0.3 is 33.8 Å². The summed E-state index contributed by atoms with van der Waals surface area (Å²) in [5.74, 6) is 0.169. The zero-order valence-corrected chi connectivity index (χ0v) is 61.8. The van der Waals surface area contributed by atoms with E-state index in [2.05, 4.69) is 48.5 Å². The Bertz CT molecular complexity index is 1800. The fraction of sp³-hybridized carbons (Fsp3) is 0.945. The molecule has 0 spiro atoms. The number of carbonyl (C=O) groups is 4. The van der Waals surface area contributed by atoms with Crippen LogP contribution in [-0.2, 0) is 65.4 Å². The first-order valence-electron chi connectivity index (χ1n) is 37.9. The van der Waals surface area contributed by atoms with E-state index in [1.165, 1.54) is 173 Å². The van der Waals surface area contributed by atoms with Crippen LogP contribution in [0.3, 0.4) is 0 Å². The highest BCUT2D eigenvalue weighted by Crippen LogP contribution is 2.45. The Labute approximate surface area is 562 Å². The van der Waals surface area contributed by atoms with Crippen molar-refractivity contribution in [2.45, 2.75) is 388 Å². The van der Waals surface area contributed by atoms with Crippen LogP contribution >= 0.6 is 15.6 Å². The van der Waals surface area contributed by atoms with Crippen molar-refractivity contribution >= 4 is 39.5 Å². The summed E-state index contributed by atoms with van der Waals surface area (Å²) in [6.45, 7) is 11.8. The third kappa shape index (κ3) is 65.4. The number of aliphatic hydroxyl groups excluding tert-OH is 1. The second-order valence-electron chi connectivity index (χ2n) is 27.5. The molecule has 0 amide bonds. The molecule has 546 valence electrons. The number of phosphoric ester groups is 2. The van der Waals surface area contributed by atoms with Gasteiger partial charge in [0.2, 0.25) is 0 Å². The van der Waals surface area contributed by atoms with Gasteiger partial charge >= 0.3 is 39.5 Å². The van der Waals surface area contributed by atoms with Crippen molar-refractivity contribution in [2.24, 2.45) is 17.8 Å². The number of unbranched alkanes of at least 4 members (excludes halogenated alkanes) is 38. The highest BCUT2D eigenvalue weighted by Gasteiger charge is 2.30. The van der Waals surface area contributed by atoms with Crippen molar-refractivity contribution in [3.8, 4) is 0 Å². The number of esters is 4. The smallest absolute Gasteiger partial charge is 0.462 e. The summed E-state index contributed by atoms with van der Waals surface area (Å²) >= 11 is 0. The van der Waals surface area contributed by atoms with Gasteiger partial charge in [0.1, 0.15) is 19.3 Å². The molecule has 6 atom stereocenters. The molecule has 3 N–H and O–H groups in total. The first-order chi connectivity index (χ1) is 44.3. The van der Waals surface area contributed by atoms with Crippen molar-refractivity contribution in [1.82, 2.24) is 0 Å². The van der Waals surface area contributed by atoms with Gasteiger partial charge in [-0.15, -0.1) is 0 Å². The van der Waals surface area contributed by atoms with Crippen molar-refractivity contribution in [3.05, 3.63) is 0 Å². The van der Waals surface area contributed by atoms with Crippen LogP contribution in [0.1, 0.15) is 370 Å². The van der Waals surface area contributed by atoms with Crippen LogP contribution < -0.4 is 0 Å². The number of hydrogen-bond acceptors (Lipinski definition) is 15. The van der Waals surface area contributed by atoms with Gasteiger partial charge in [0.15, 0.2) is 12.2 Å². The van der Waals surface area contributed by atoms with Crippen LogP contribution in [0.4, 0.5) is 0 Å². The second kappa shape index (κ2) is 63.8. The molecule has 0 aliphatic carbocycles. The molecule has 0 aliphatic heterocycles. The van der Waals surface area contributed by atoms with E-state index in [1.807, 2.05) is 0 Å². The van der Waals surface area contributed by atoms with E-state index in [4.69, 9.17) is 37.0 Å². The Hall–Kier alpha value is -1.94. The van der Waals surface area contributed by atoms with E-state index < -0.39 is 97.5 Å². The number of ether oxygens (including phenoxy) is 4. The molecule has 0 radical (unpaired) electrons. The molecule has 0 bridgehead atoms. The fourth-order valence-corrected chi connectivity index (χ4v) is 12.6. The zero-order chi connectivity index (χ0) is 68.0. The van der Waals surface area contributed by atoms with Gasteiger partial charge in [0.05, 0.1) is 26.4 Å². The first-order valence-corrected chi connectivity index (χ1v) is 40.9. The topological polar surface area (TPSA) is 237 Å². The van der Waals surface area contributed by atoms with Gasteiger partial charge in [-0.05, 0) is 43.4 Å². The zero-order valence-electron chi connectivity index (χ0n) is 60.0. The van der Waals surface area contributed by atoms with E-state index in [1.54, 1.807) is 0 Å². The fourth-order valence-electron chi connectivity index (χ4n) is 11.0. The molecule has 92 heavy (non-hydrogen) atoms. The minimum atomic E-state index is -4.95. The lowest BCUT2D eigenvalue weighted by Crippen LogP contribution is -2.30. The highest BCUT2D eigenvalue weighted by atomic mass is 31.2. The molecule has 0 rings (SSSR count). The quantitative estimate of drug-likeness (QED) is 0.0222. The number of hydrogen-bond donors (Lipinski definition) is 3. The summed E-state index contributed by atoms with van der Waals surface area (Å²) in [5, 5.41) is 10.6. The molecule has 0 heterocycles. The average Bonchev–Trinajstić information content (AvgIpc) is 3.27. The lowest BCUT2D eigenvalue weighted by molar-refractivity contribution is -0.161. The highest BCUT2D eigenvalue weighted by molar-refractivity contribution is 7.47. The normalized spacial score (nSPS) is 14.4. The van der Waals surface area contributed by atoms with E-state index in [-0.39, 0.29) is 25.7 Å². The Balaban J connectivity index is 5.22. The third-order valence-electron chi connectivity index (χ3n) is 17.2. The van der Waals surface area contributed by atoms with Gasteiger partial charge in [-0.1, -0.05) is 318 Å². The predicted molar refractivity (Wildman–Crippen MR) is 372 cm³/mol. The number of aliphatic hydroxyl groups is 1. The van der Waals surface area contributed by atoms with Crippen LogP contribution in [-0.4, -0.2) is 96.7 Å². The van der Waals surface area contributed by atoms with Crippen molar-refractivity contribution < 1.29 is 80.2 Å². The van der Waals surface area contributed by atoms with E-state index in [0.717, 1.165) is 108 Å². The van der Waals surface area contributed by atoms with Crippen LogP contribution in [0.15, 0.2) is 0 Å². The van der Waals surface area contributed by atoms with Crippen LogP contribution in [0, 0.1) is 17.8 Å². The molecule has 17 nitrogen and oxygen atoms in total. The van der Waals surface area contributed by atoms with Crippen molar-refractivity contribution in [2.75, 3.05) is 39.6 Å². The number of phosphoric acid groups is 2. The standard InChI is InChI=1S/C73H142O17P2/c1-8-10-11-12-13-14-21-25-34-42-49-56-72(77)90-69(61-84-71(76)55-48-41-36-29-31-38-45-52-65(5)6)63-88-92(81,82)86-59-67(74)58-85-91(79,80)87-62-68(60-83-70(75)54-47-40-33-28-27-32-39-46-53-66(7)9-2)89-73(78)57-50-43-35-26-23-20-18-16-15-17-19-22-24-30-37-44-51-64(3)4/h64-69,74H,8-63H2,1-7H3,(H,79,80)(H,81,82)/t66?,67-,68-,69-/m1/s1. The lowest BCUT2D eigenvalue weighted by Gasteiger charge is -2.21. The van der Waals surface area contributed by atoms with E-state index in [0.29, 0.717) is 31.6 Å². The molecule has 0 saturated carbocycles. The maximum Gasteiger partial charge on any atom is 0.472 e. The molecular formula is C73H142O17P2. The SMILES string of the molecule is CCCCCCCCCCCCCC(=O)O[C@H](COC(=O)CCCCCCCCCC(C)C)COP(=O)(O)OC[C@H](O)COP(=O)(O)OC[C@@H](COC(=O)CCCCCCCCCCC(C)CC)OC(=O)CCCCCCCCCCCCCCCCCCC(C)C. The minimum absolute atomic E-state index is 0.106. The van der Waals surface area contributed by atoms with Crippen molar-refractivity contribution in [1.29, 1.82) is 0 Å². The number of carbonyl (C=O) groups excluding carboxylic acids is 4. The second-order valence-corrected chi connectivity index (χ2v) is 30.4. The number of rotatable bonds is 71. The van der Waals surface area contributed by atoms with Gasteiger partial charge in [0.25, 0.3) is 0 Å². The summed E-state index contributed by atoms with van der Waals surface area (Å²) in [6.07, 6.45) is 48.6. The Kier molecular flexibility index (Phi) is 62.4. The molecule has 0 fully saturated rings. The Morgan fingerprint density at radius 2 is 0.554 bits per heavy atom. The van der Waals surface area contributed by atoms with Crippen molar-refractivity contribution in [3.63, 3.8) is 0 Å². The molecule has 0 aromatic rings. The molecule has 19 heteroatoms. The monoisotopic (exact) mass is 1350 g/mol. The van der Waals surface area contributed by atoms with E-state index >= 15 is 0 Å². The van der Waals surface area contributed by atoms with Crippen LogP contribution in [0.25, 0.3) is 0 Å². The predicted octanol–water partition coefficient (Wildman–Crippen LogP) is 21.0. The van der Waals surface area contributed by atoms with Crippen LogP contribution in [0.2, 0.25) is 0 Å². The maximum atomic E-state index is 13.1. The first kappa shape index (κ1) is 90.1. The maximum absolute atomic E-state index is 13.1. The van der Waals surface area contributed by atoms with Crippen LogP contribution in [0.5, 0.6) is 0 Å². The minimum Gasteiger partial charge on any atom is -0.462 e. The summed E-state index contributed by atoms with van der Waals surface area (Å²) in [4.78, 5) is 72.6. The molecule has 0 aromatic heterocycles. The average molecular weight is 1350 g/mol. The third-order valence-corrected chi connectivity index (χ3v) is 19.1. The molecule has 0 aromatic carbocycles. The summed E-state index contributed by atoms with van der Waals surface area (Å²) in [5.41, 5.74) is 0. The molecule has 3 unspecified atom stereocenters. The Morgan fingerprint density at radius 1 is 0.315 bits per heavy atom. The molecular weight excluding hydrogens is 1210 g/mol. The van der Waals surface area contributed by atoms with Gasteiger partial charge in [0, 0.05) is 25.7 Å². The van der Waals surface area contributed by atoms with Gasteiger partial charge in [-0.25, -0.2) is 9.13 Å². The lowest BCUT2D eigenvalue weighted by atomic mass is 9.99. The van der Waals surface area contributed by atoms with E-state index in [9.17, 15) is 43.2 Å². The Morgan fingerprint density at radius 3 is 0.826 bits per heavy atom. The summed E-state index contributed by atoms with van der Waals surface area (Å²) in [7, 11) is -9.90. The molecule has 0 aliphatic rings. The van der Waals surface area contributed by atoms with Gasteiger partial charge in [-0.2, -0.15) is 0 Å². The largest absolute Gasteiger partial charge is 0.472 e. The summed E-state index contributed by atoms with van der Waals surface area (Å²) < 4.78 is 68.4. The molecule has 0 saturated heterocycles.